The van der Waals surface area contributed by atoms with Gasteiger partial charge in [-0.05, 0) is 55.7 Å². The molecule has 6 rings (SSSR count). The van der Waals surface area contributed by atoms with E-state index >= 15 is 0 Å². The summed E-state index contributed by atoms with van der Waals surface area (Å²) in [5.41, 5.74) is 0.672. The van der Waals surface area contributed by atoms with Crippen molar-refractivity contribution in [3.8, 4) is 0 Å². The summed E-state index contributed by atoms with van der Waals surface area (Å²) in [6.45, 7) is 6.42. The Morgan fingerprint density at radius 3 is 2.66 bits per heavy atom. The number of benzene rings is 1. The lowest BCUT2D eigenvalue weighted by Crippen LogP contribution is -2.58. The molecule has 2 bridgehead atoms. The van der Waals surface area contributed by atoms with Gasteiger partial charge in [-0.1, -0.05) is 51.0 Å². The fourth-order valence-corrected chi connectivity index (χ4v) is 6.95. The van der Waals surface area contributed by atoms with Gasteiger partial charge in [-0.2, -0.15) is 0 Å². The van der Waals surface area contributed by atoms with Crippen LogP contribution < -0.4 is 10.6 Å². The van der Waals surface area contributed by atoms with Crippen molar-refractivity contribution >= 4 is 23.4 Å². The number of amides is 3. The molecule has 1 aromatic carbocycles. The SMILES string of the molecule is Cc1cccc(NC(=O)C2C3C=CC4(O3)C2C(=O)N(C2CC2)C4C(=O)NC2CCCC(C)C2C)c1. The molecule has 2 N–H and O–H groups in total. The number of carbonyl (C=O) groups is 3. The van der Waals surface area contributed by atoms with E-state index in [4.69, 9.17) is 4.74 Å². The molecular formula is C28H35N3O4. The number of carbonyl (C=O) groups excluding carboxylic acids is 3. The lowest BCUT2D eigenvalue weighted by atomic mass is 9.73. The molecular weight excluding hydrogens is 442 g/mol. The van der Waals surface area contributed by atoms with E-state index in [0.717, 1.165) is 31.2 Å². The minimum Gasteiger partial charge on any atom is -0.359 e. The normalized spacial score (nSPS) is 39.6. The molecule has 35 heavy (non-hydrogen) atoms. The zero-order valence-corrected chi connectivity index (χ0v) is 20.7. The molecule has 8 atom stereocenters. The fraction of sp³-hybridized carbons (Fsp3) is 0.607. The van der Waals surface area contributed by atoms with Crippen molar-refractivity contribution in [2.45, 2.75) is 82.7 Å². The Hall–Kier alpha value is -2.67. The van der Waals surface area contributed by atoms with Crippen LogP contribution in [0.1, 0.15) is 51.5 Å². The first-order valence-electron chi connectivity index (χ1n) is 13.2. The predicted octanol–water partition coefficient (Wildman–Crippen LogP) is 3.19. The number of hydrogen-bond acceptors (Lipinski definition) is 4. The molecule has 0 aromatic heterocycles. The van der Waals surface area contributed by atoms with Gasteiger partial charge < -0.3 is 20.3 Å². The van der Waals surface area contributed by atoms with Gasteiger partial charge in [0.25, 0.3) is 0 Å². The maximum Gasteiger partial charge on any atom is 0.246 e. The van der Waals surface area contributed by atoms with Crippen molar-refractivity contribution in [3.05, 3.63) is 42.0 Å². The summed E-state index contributed by atoms with van der Waals surface area (Å²) in [6, 6.07) is 7.05. The van der Waals surface area contributed by atoms with Crippen LogP contribution in [0.2, 0.25) is 0 Å². The first-order chi connectivity index (χ1) is 16.8. The molecule has 3 aliphatic heterocycles. The van der Waals surface area contributed by atoms with E-state index in [9.17, 15) is 14.4 Å². The summed E-state index contributed by atoms with van der Waals surface area (Å²) in [4.78, 5) is 42.9. The highest BCUT2D eigenvalue weighted by atomic mass is 16.5. The Morgan fingerprint density at radius 2 is 1.91 bits per heavy atom. The number of nitrogens with zero attached hydrogens (tertiary/aromatic N) is 1. The second-order valence-electron chi connectivity index (χ2n) is 11.4. The lowest BCUT2D eigenvalue weighted by molar-refractivity contribution is -0.142. The highest BCUT2D eigenvalue weighted by Crippen LogP contribution is 2.57. The molecule has 0 radical (unpaired) electrons. The first kappa shape index (κ1) is 22.8. The van der Waals surface area contributed by atoms with Crippen LogP contribution in [0.4, 0.5) is 5.69 Å². The van der Waals surface area contributed by atoms with Crippen LogP contribution in [0.15, 0.2) is 36.4 Å². The first-order valence-corrected chi connectivity index (χ1v) is 13.2. The number of anilines is 1. The number of aryl methyl sites for hydroxylation is 1. The number of ether oxygens (including phenoxy) is 1. The molecule has 1 spiro atoms. The van der Waals surface area contributed by atoms with Gasteiger partial charge in [0.15, 0.2) is 0 Å². The van der Waals surface area contributed by atoms with Gasteiger partial charge in [0, 0.05) is 17.8 Å². The molecule has 186 valence electrons. The second kappa shape index (κ2) is 8.19. The van der Waals surface area contributed by atoms with Gasteiger partial charge in [-0.15, -0.1) is 0 Å². The predicted molar refractivity (Wildman–Crippen MR) is 131 cm³/mol. The quantitative estimate of drug-likeness (QED) is 0.638. The van der Waals surface area contributed by atoms with Crippen LogP contribution in [0.3, 0.4) is 0 Å². The van der Waals surface area contributed by atoms with Crippen molar-refractivity contribution in [1.29, 1.82) is 0 Å². The van der Waals surface area contributed by atoms with Gasteiger partial charge >= 0.3 is 0 Å². The molecule has 2 saturated heterocycles. The average Bonchev–Trinajstić information content (AvgIpc) is 3.41. The topological polar surface area (TPSA) is 87.7 Å². The standard InChI is InChI=1S/C28H35N3O4/c1-15-6-4-8-18(14-15)29-25(32)22-21-12-13-28(35-21)23(22)27(34)31(19-10-11-19)24(28)26(33)30-20-9-5-7-16(2)17(20)3/h4,6,8,12-14,16-17,19-24H,5,7,9-11H2,1-3H3,(H,29,32)(H,30,33). The van der Waals surface area contributed by atoms with Crippen LogP contribution in [0, 0.1) is 30.6 Å². The zero-order chi connectivity index (χ0) is 24.5. The monoisotopic (exact) mass is 477 g/mol. The van der Waals surface area contributed by atoms with E-state index in [2.05, 4.69) is 24.5 Å². The lowest BCUT2D eigenvalue weighted by Gasteiger charge is -2.38. The number of likely N-dealkylation sites (tertiary alicyclic amines) is 1. The van der Waals surface area contributed by atoms with E-state index in [1.54, 1.807) is 4.90 Å². The fourth-order valence-electron chi connectivity index (χ4n) is 6.95. The van der Waals surface area contributed by atoms with E-state index in [-0.39, 0.29) is 29.8 Å². The minimum absolute atomic E-state index is 0.0532. The third kappa shape index (κ3) is 3.53. The second-order valence-corrected chi connectivity index (χ2v) is 11.4. The highest BCUT2D eigenvalue weighted by Gasteiger charge is 2.74. The Morgan fingerprint density at radius 1 is 1.11 bits per heavy atom. The van der Waals surface area contributed by atoms with Gasteiger partial charge in [0.05, 0.1) is 17.9 Å². The Bertz CT molecular complexity index is 1100. The van der Waals surface area contributed by atoms with Gasteiger partial charge in [0.1, 0.15) is 11.6 Å². The van der Waals surface area contributed by atoms with E-state index < -0.39 is 29.6 Å². The smallest absolute Gasteiger partial charge is 0.246 e. The van der Waals surface area contributed by atoms with Crippen molar-refractivity contribution < 1.29 is 19.1 Å². The summed E-state index contributed by atoms with van der Waals surface area (Å²) < 4.78 is 6.43. The molecule has 2 saturated carbocycles. The number of hydrogen-bond donors (Lipinski definition) is 2. The molecule has 1 aromatic rings. The van der Waals surface area contributed by atoms with Crippen LogP contribution in [0.25, 0.3) is 0 Å². The Kier molecular flexibility index (Phi) is 5.33. The largest absolute Gasteiger partial charge is 0.359 e. The van der Waals surface area contributed by atoms with Crippen molar-refractivity contribution in [3.63, 3.8) is 0 Å². The average molecular weight is 478 g/mol. The molecule has 2 aliphatic carbocycles. The van der Waals surface area contributed by atoms with Gasteiger partial charge in [0.2, 0.25) is 17.7 Å². The number of rotatable bonds is 5. The summed E-state index contributed by atoms with van der Waals surface area (Å²) in [5, 5.41) is 6.30. The molecule has 7 heteroatoms. The molecule has 8 unspecified atom stereocenters. The Labute approximate surface area is 206 Å². The van der Waals surface area contributed by atoms with E-state index in [1.807, 2.05) is 43.3 Å². The maximum atomic E-state index is 13.9. The molecule has 5 aliphatic rings. The van der Waals surface area contributed by atoms with Crippen molar-refractivity contribution in [2.24, 2.45) is 23.7 Å². The summed E-state index contributed by atoms with van der Waals surface area (Å²) >= 11 is 0. The van der Waals surface area contributed by atoms with E-state index in [1.165, 1.54) is 6.42 Å². The van der Waals surface area contributed by atoms with Crippen molar-refractivity contribution in [2.75, 3.05) is 5.32 Å². The summed E-state index contributed by atoms with van der Waals surface area (Å²) in [6.07, 6.45) is 8.30. The third-order valence-electron chi connectivity index (χ3n) is 9.12. The van der Waals surface area contributed by atoms with Gasteiger partial charge in [-0.25, -0.2) is 0 Å². The minimum atomic E-state index is -1.08. The summed E-state index contributed by atoms with van der Waals surface area (Å²) in [5.74, 6) is -0.869. The van der Waals surface area contributed by atoms with Crippen LogP contribution in [-0.2, 0) is 19.1 Å². The molecule has 4 fully saturated rings. The van der Waals surface area contributed by atoms with Gasteiger partial charge in [-0.3, -0.25) is 14.4 Å². The highest BCUT2D eigenvalue weighted by molar-refractivity contribution is 6.03. The Balaban J connectivity index is 1.29. The zero-order valence-electron chi connectivity index (χ0n) is 20.7. The number of fused-ring (bicyclic) bond motifs is 1. The maximum absolute atomic E-state index is 13.9. The molecule has 3 amide bonds. The van der Waals surface area contributed by atoms with E-state index in [0.29, 0.717) is 17.5 Å². The summed E-state index contributed by atoms with van der Waals surface area (Å²) in [7, 11) is 0. The van der Waals surface area contributed by atoms with Crippen LogP contribution >= 0.6 is 0 Å². The van der Waals surface area contributed by atoms with Crippen LogP contribution in [-0.4, -0.2) is 52.5 Å². The molecule has 7 nitrogen and oxygen atoms in total. The third-order valence-corrected chi connectivity index (χ3v) is 9.12. The number of nitrogens with one attached hydrogen (secondary N) is 2. The molecule has 3 heterocycles. The van der Waals surface area contributed by atoms with Crippen LogP contribution in [0.5, 0.6) is 0 Å². The van der Waals surface area contributed by atoms with Crippen molar-refractivity contribution in [1.82, 2.24) is 10.2 Å².